The second-order valence-corrected chi connectivity index (χ2v) is 5.96. The Bertz CT molecular complexity index is 539. The van der Waals surface area contributed by atoms with E-state index < -0.39 is 0 Å². The van der Waals surface area contributed by atoms with Crippen LogP contribution in [-0.4, -0.2) is 33.4 Å². The first-order valence-corrected chi connectivity index (χ1v) is 7.70. The van der Waals surface area contributed by atoms with Gasteiger partial charge in [0.05, 0.1) is 11.8 Å². The second kappa shape index (κ2) is 7.09. The standard InChI is InChI=1S/C15H22ClN3O2/c1-10-12(15(16)19(2)18-10)7-8-14(21)17-9-11-5-3-4-6-13(11)20/h7-8,11,13,20H,3-6,9H2,1-2H3,(H,17,21). The third-order valence-corrected chi connectivity index (χ3v) is 4.45. The summed E-state index contributed by atoms with van der Waals surface area (Å²) in [7, 11) is 1.76. The molecule has 116 valence electrons. The first-order chi connectivity index (χ1) is 9.99. The van der Waals surface area contributed by atoms with E-state index in [0.29, 0.717) is 11.7 Å². The van der Waals surface area contributed by atoms with Crippen LogP contribution in [0.1, 0.15) is 36.9 Å². The number of amides is 1. The van der Waals surface area contributed by atoms with Crippen LogP contribution in [0.3, 0.4) is 0 Å². The number of hydrogen-bond acceptors (Lipinski definition) is 3. The van der Waals surface area contributed by atoms with Crippen molar-refractivity contribution in [3.05, 3.63) is 22.5 Å². The van der Waals surface area contributed by atoms with Gasteiger partial charge in [-0.15, -0.1) is 0 Å². The molecule has 0 saturated heterocycles. The number of aliphatic hydroxyl groups excluding tert-OH is 1. The molecule has 1 aliphatic carbocycles. The Kier molecular flexibility index (Phi) is 5.42. The van der Waals surface area contributed by atoms with E-state index in [1.54, 1.807) is 17.8 Å². The highest BCUT2D eigenvalue weighted by atomic mass is 35.5. The highest BCUT2D eigenvalue weighted by molar-refractivity contribution is 6.31. The van der Waals surface area contributed by atoms with Crippen molar-refractivity contribution in [2.24, 2.45) is 13.0 Å². The number of hydrogen-bond donors (Lipinski definition) is 2. The van der Waals surface area contributed by atoms with Gasteiger partial charge in [-0.05, 0) is 25.8 Å². The Morgan fingerprint density at radius 2 is 2.24 bits per heavy atom. The lowest BCUT2D eigenvalue weighted by Crippen LogP contribution is -2.36. The van der Waals surface area contributed by atoms with Crippen molar-refractivity contribution in [1.29, 1.82) is 0 Å². The summed E-state index contributed by atoms with van der Waals surface area (Å²) in [6.07, 6.45) is 6.85. The SMILES string of the molecule is Cc1nn(C)c(Cl)c1C=CC(=O)NCC1CCCCC1O. The third kappa shape index (κ3) is 4.08. The van der Waals surface area contributed by atoms with Crippen molar-refractivity contribution in [2.75, 3.05) is 6.54 Å². The lowest BCUT2D eigenvalue weighted by molar-refractivity contribution is -0.116. The minimum Gasteiger partial charge on any atom is -0.393 e. The summed E-state index contributed by atoms with van der Waals surface area (Å²) in [5, 5.41) is 17.4. The Balaban J connectivity index is 1.88. The highest BCUT2D eigenvalue weighted by Crippen LogP contribution is 2.23. The normalized spacial score (nSPS) is 22.7. The van der Waals surface area contributed by atoms with Gasteiger partial charge in [0, 0.05) is 31.1 Å². The zero-order valence-corrected chi connectivity index (χ0v) is 13.2. The number of nitrogens with one attached hydrogen (secondary N) is 1. The molecule has 0 bridgehead atoms. The molecule has 0 radical (unpaired) electrons. The van der Waals surface area contributed by atoms with Crippen molar-refractivity contribution in [2.45, 2.75) is 38.7 Å². The summed E-state index contributed by atoms with van der Waals surface area (Å²) >= 11 is 6.10. The third-order valence-electron chi connectivity index (χ3n) is 4.00. The van der Waals surface area contributed by atoms with Gasteiger partial charge in [0.1, 0.15) is 5.15 Å². The minimum absolute atomic E-state index is 0.166. The molecule has 1 aromatic heterocycles. The first-order valence-electron chi connectivity index (χ1n) is 7.32. The van der Waals surface area contributed by atoms with Crippen molar-refractivity contribution >= 4 is 23.6 Å². The molecule has 2 rings (SSSR count). The number of carbonyl (C=O) groups is 1. The lowest BCUT2D eigenvalue weighted by atomic mass is 9.86. The Morgan fingerprint density at radius 1 is 1.52 bits per heavy atom. The molecule has 0 aromatic carbocycles. The second-order valence-electron chi connectivity index (χ2n) is 5.60. The average molecular weight is 312 g/mol. The van der Waals surface area contributed by atoms with Gasteiger partial charge in [0.15, 0.2) is 0 Å². The van der Waals surface area contributed by atoms with Crippen LogP contribution in [0.5, 0.6) is 0 Å². The molecule has 2 atom stereocenters. The molecule has 1 aliphatic rings. The molecule has 1 fully saturated rings. The fourth-order valence-electron chi connectivity index (χ4n) is 2.71. The monoisotopic (exact) mass is 311 g/mol. The maximum absolute atomic E-state index is 11.8. The van der Waals surface area contributed by atoms with Gasteiger partial charge in [0.2, 0.25) is 5.91 Å². The molecule has 1 amide bonds. The Hall–Kier alpha value is -1.33. The quantitative estimate of drug-likeness (QED) is 0.836. The number of carbonyl (C=O) groups excluding carboxylic acids is 1. The number of nitrogens with zero attached hydrogens (tertiary/aromatic N) is 2. The van der Waals surface area contributed by atoms with Crippen LogP contribution in [-0.2, 0) is 11.8 Å². The maximum atomic E-state index is 11.8. The summed E-state index contributed by atoms with van der Waals surface area (Å²) in [6.45, 7) is 2.37. The summed E-state index contributed by atoms with van der Waals surface area (Å²) in [6, 6.07) is 0. The largest absolute Gasteiger partial charge is 0.393 e. The van der Waals surface area contributed by atoms with Crippen molar-refractivity contribution < 1.29 is 9.90 Å². The molecule has 1 saturated carbocycles. The zero-order chi connectivity index (χ0) is 15.4. The van der Waals surface area contributed by atoms with Gasteiger partial charge in [0.25, 0.3) is 0 Å². The fourth-order valence-corrected chi connectivity index (χ4v) is 2.95. The number of aliphatic hydroxyl groups is 1. The van der Waals surface area contributed by atoms with Gasteiger partial charge >= 0.3 is 0 Å². The van der Waals surface area contributed by atoms with Crippen LogP contribution in [0.15, 0.2) is 6.08 Å². The van der Waals surface area contributed by atoms with Crippen LogP contribution >= 0.6 is 11.6 Å². The molecule has 2 unspecified atom stereocenters. The molecule has 0 spiro atoms. The van der Waals surface area contributed by atoms with Gasteiger partial charge in [-0.2, -0.15) is 5.10 Å². The van der Waals surface area contributed by atoms with E-state index in [4.69, 9.17) is 11.6 Å². The molecular formula is C15H22ClN3O2. The van der Waals surface area contributed by atoms with E-state index in [9.17, 15) is 9.90 Å². The molecular weight excluding hydrogens is 290 g/mol. The number of aryl methyl sites for hydroxylation is 2. The summed E-state index contributed by atoms with van der Waals surface area (Å²) in [4.78, 5) is 11.8. The Morgan fingerprint density at radius 3 is 2.86 bits per heavy atom. The number of rotatable bonds is 4. The van der Waals surface area contributed by atoms with Crippen LogP contribution in [0, 0.1) is 12.8 Å². The van der Waals surface area contributed by atoms with Crippen molar-refractivity contribution in [3.63, 3.8) is 0 Å². The van der Waals surface area contributed by atoms with E-state index in [0.717, 1.165) is 36.9 Å². The van der Waals surface area contributed by atoms with Gasteiger partial charge in [-0.3, -0.25) is 9.48 Å². The first kappa shape index (κ1) is 16.0. The number of aromatic nitrogens is 2. The molecule has 21 heavy (non-hydrogen) atoms. The number of halogens is 1. The summed E-state index contributed by atoms with van der Waals surface area (Å²) in [5.41, 5.74) is 1.54. The van der Waals surface area contributed by atoms with Gasteiger partial charge in [-0.1, -0.05) is 24.4 Å². The molecule has 2 N–H and O–H groups in total. The topological polar surface area (TPSA) is 67.2 Å². The molecule has 1 heterocycles. The molecule has 6 heteroatoms. The summed E-state index contributed by atoms with van der Waals surface area (Å²) < 4.78 is 1.58. The van der Waals surface area contributed by atoms with E-state index in [-0.39, 0.29) is 17.9 Å². The molecule has 1 aromatic rings. The van der Waals surface area contributed by atoms with E-state index in [1.807, 2.05) is 6.92 Å². The zero-order valence-electron chi connectivity index (χ0n) is 12.5. The highest BCUT2D eigenvalue weighted by Gasteiger charge is 2.22. The smallest absolute Gasteiger partial charge is 0.244 e. The van der Waals surface area contributed by atoms with Crippen LogP contribution < -0.4 is 5.32 Å². The van der Waals surface area contributed by atoms with Crippen molar-refractivity contribution in [3.8, 4) is 0 Å². The van der Waals surface area contributed by atoms with Crippen LogP contribution in [0.4, 0.5) is 0 Å². The summed E-state index contributed by atoms with van der Waals surface area (Å²) in [5.74, 6) is -0.00749. The van der Waals surface area contributed by atoms with Crippen molar-refractivity contribution in [1.82, 2.24) is 15.1 Å². The van der Waals surface area contributed by atoms with E-state index >= 15 is 0 Å². The van der Waals surface area contributed by atoms with Gasteiger partial charge < -0.3 is 10.4 Å². The predicted octanol–water partition coefficient (Wildman–Crippen LogP) is 2.06. The Labute approximate surface area is 130 Å². The van der Waals surface area contributed by atoms with Crippen LogP contribution in [0.25, 0.3) is 6.08 Å². The minimum atomic E-state index is -0.293. The predicted molar refractivity (Wildman–Crippen MR) is 83.0 cm³/mol. The maximum Gasteiger partial charge on any atom is 0.244 e. The van der Waals surface area contributed by atoms with Crippen LogP contribution in [0.2, 0.25) is 5.15 Å². The molecule has 5 nitrogen and oxygen atoms in total. The average Bonchev–Trinajstić information content (AvgIpc) is 2.69. The van der Waals surface area contributed by atoms with E-state index in [1.165, 1.54) is 6.08 Å². The van der Waals surface area contributed by atoms with E-state index in [2.05, 4.69) is 10.4 Å². The lowest BCUT2D eigenvalue weighted by Gasteiger charge is -2.27. The molecule has 0 aliphatic heterocycles. The van der Waals surface area contributed by atoms with Gasteiger partial charge in [-0.25, -0.2) is 0 Å². The fraction of sp³-hybridized carbons (Fsp3) is 0.600.